The summed E-state index contributed by atoms with van der Waals surface area (Å²) in [5, 5.41) is 3.50. The lowest BCUT2D eigenvalue weighted by atomic mass is 10.0. The van der Waals surface area contributed by atoms with E-state index in [0.29, 0.717) is 6.54 Å². The molecule has 0 bridgehead atoms. The fourth-order valence-electron chi connectivity index (χ4n) is 2.94. The molecule has 0 radical (unpaired) electrons. The Morgan fingerprint density at radius 2 is 1.58 bits per heavy atom. The van der Waals surface area contributed by atoms with Gasteiger partial charge in [0.2, 0.25) is 0 Å². The van der Waals surface area contributed by atoms with Crippen molar-refractivity contribution >= 4 is 0 Å². The number of hydrogen-bond acceptors (Lipinski definition) is 4. The number of nitrogens with one attached hydrogen (secondary N) is 1. The molecule has 0 saturated carbocycles. The summed E-state index contributed by atoms with van der Waals surface area (Å²) in [6, 6.07) is 20.6. The molecular formula is C22H24N2O2. The Morgan fingerprint density at radius 1 is 0.885 bits per heavy atom. The molecule has 4 nitrogen and oxygen atoms in total. The van der Waals surface area contributed by atoms with Gasteiger partial charge in [-0.25, -0.2) is 0 Å². The van der Waals surface area contributed by atoms with Gasteiger partial charge in [0.25, 0.3) is 0 Å². The van der Waals surface area contributed by atoms with Gasteiger partial charge < -0.3 is 14.8 Å². The predicted octanol–water partition coefficient (Wildman–Crippen LogP) is 4.62. The molecule has 4 heteroatoms. The van der Waals surface area contributed by atoms with Gasteiger partial charge in [-0.1, -0.05) is 42.5 Å². The van der Waals surface area contributed by atoms with Gasteiger partial charge in [-0.15, -0.1) is 0 Å². The molecule has 0 fully saturated rings. The second-order valence-electron chi connectivity index (χ2n) is 6.08. The normalized spacial score (nSPS) is 11.8. The predicted molar refractivity (Wildman–Crippen MR) is 104 cm³/mol. The summed E-state index contributed by atoms with van der Waals surface area (Å²) < 4.78 is 10.8. The van der Waals surface area contributed by atoms with Gasteiger partial charge in [0.1, 0.15) is 11.5 Å². The first-order valence-corrected chi connectivity index (χ1v) is 8.67. The minimum Gasteiger partial charge on any atom is -0.496 e. The van der Waals surface area contributed by atoms with Gasteiger partial charge in [0.05, 0.1) is 19.9 Å². The van der Waals surface area contributed by atoms with E-state index in [0.717, 1.165) is 28.3 Å². The molecule has 1 atom stereocenters. The van der Waals surface area contributed by atoms with E-state index in [2.05, 4.69) is 47.6 Å². The largest absolute Gasteiger partial charge is 0.496 e. The van der Waals surface area contributed by atoms with E-state index in [1.807, 2.05) is 30.3 Å². The van der Waals surface area contributed by atoms with Crippen molar-refractivity contribution in [3.63, 3.8) is 0 Å². The molecule has 0 aliphatic carbocycles. The molecule has 0 spiro atoms. The molecule has 0 aliphatic heterocycles. The van der Waals surface area contributed by atoms with Gasteiger partial charge in [-0.2, -0.15) is 0 Å². The Morgan fingerprint density at radius 3 is 2.31 bits per heavy atom. The van der Waals surface area contributed by atoms with E-state index in [4.69, 9.17) is 9.47 Å². The minimum atomic E-state index is 0.202. The molecule has 0 aliphatic rings. The number of nitrogens with zero attached hydrogens (tertiary/aromatic N) is 1. The van der Waals surface area contributed by atoms with Crippen LogP contribution in [0.2, 0.25) is 0 Å². The molecule has 26 heavy (non-hydrogen) atoms. The third-order valence-electron chi connectivity index (χ3n) is 4.47. The van der Waals surface area contributed by atoms with Crippen molar-refractivity contribution in [2.75, 3.05) is 14.2 Å². The topological polar surface area (TPSA) is 43.4 Å². The quantitative estimate of drug-likeness (QED) is 0.677. The second-order valence-corrected chi connectivity index (χ2v) is 6.08. The van der Waals surface area contributed by atoms with Crippen molar-refractivity contribution < 1.29 is 9.47 Å². The van der Waals surface area contributed by atoms with E-state index >= 15 is 0 Å². The number of pyridine rings is 1. The van der Waals surface area contributed by atoms with E-state index in [9.17, 15) is 0 Å². The molecule has 0 saturated heterocycles. The fourth-order valence-corrected chi connectivity index (χ4v) is 2.94. The summed E-state index contributed by atoms with van der Waals surface area (Å²) in [5.41, 5.74) is 4.37. The van der Waals surface area contributed by atoms with Crippen molar-refractivity contribution in [2.24, 2.45) is 0 Å². The van der Waals surface area contributed by atoms with Gasteiger partial charge in [0.15, 0.2) is 0 Å². The van der Waals surface area contributed by atoms with E-state index < -0.39 is 0 Å². The Bertz CT molecular complexity index is 847. The molecule has 1 N–H and O–H groups in total. The maximum absolute atomic E-state index is 5.46. The lowest BCUT2D eigenvalue weighted by Crippen LogP contribution is -2.19. The Labute approximate surface area is 154 Å². The molecular weight excluding hydrogens is 324 g/mol. The molecule has 1 aromatic heterocycles. The highest BCUT2D eigenvalue weighted by Gasteiger charge is 2.10. The number of methoxy groups -OCH3 is 2. The highest BCUT2D eigenvalue weighted by molar-refractivity contribution is 5.70. The third-order valence-corrected chi connectivity index (χ3v) is 4.47. The molecule has 0 amide bonds. The van der Waals surface area contributed by atoms with Crippen molar-refractivity contribution in [2.45, 2.75) is 19.5 Å². The van der Waals surface area contributed by atoms with Crippen LogP contribution in [0.3, 0.4) is 0 Å². The lowest BCUT2D eigenvalue weighted by molar-refractivity contribution is 0.402. The fraction of sp³-hybridized carbons (Fsp3) is 0.227. The number of para-hydroxylation sites is 1. The zero-order valence-electron chi connectivity index (χ0n) is 15.4. The Hall–Kier alpha value is -2.85. The standard InChI is InChI=1S/C22H24N2O2/c1-16(24-15-20-22(26-3)9-6-14-23-20)17-10-12-18(13-11-17)19-7-4-5-8-21(19)25-2/h4-14,16,24H,15H2,1-3H3. The van der Waals surface area contributed by atoms with Crippen LogP contribution in [0.15, 0.2) is 66.9 Å². The lowest BCUT2D eigenvalue weighted by Gasteiger charge is -2.16. The highest BCUT2D eigenvalue weighted by Crippen LogP contribution is 2.30. The summed E-state index contributed by atoms with van der Waals surface area (Å²) in [6.45, 7) is 2.80. The van der Waals surface area contributed by atoms with Crippen LogP contribution in [0, 0.1) is 0 Å². The zero-order chi connectivity index (χ0) is 18.4. The maximum atomic E-state index is 5.46. The first kappa shape index (κ1) is 18.0. The number of ether oxygens (including phenoxy) is 2. The highest BCUT2D eigenvalue weighted by atomic mass is 16.5. The van der Waals surface area contributed by atoms with Crippen LogP contribution in [-0.4, -0.2) is 19.2 Å². The first-order valence-electron chi connectivity index (χ1n) is 8.67. The van der Waals surface area contributed by atoms with E-state index in [1.54, 1.807) is 20.4 Å². The minimum absolute atomic E-state index is 0.202. The van der Waals surface area contributed by atoms with Gasteiger partial charge in [-0.3, -0.25) is 4.98 Å². The van der Waals surface area contributed by atoms with E-state index in [1.165, 1.54) is 5.56 Å². The molecule has 1 heterocycles. The Balaban J connectivity index is 1.70. The van der Waals surface area contributed by atoms with Gasteiger partial charge >= 0.3 is 0 Å². The molecule has 3 aromatic rings. The average molecular weight is 348 g/mol. The SMILES string of the molecule is COc1ccccc1-c1ccc(C(C)NCc2ncccc2OC)cc1. The van der Waals surface area contributed by atoms with Gasteiger partial charge in [-0.05, 0) is 36.2 Å². The Kier molecular flexibility index (Phi) is 5.87. The average Bonchev–Trinajstić information content (AvgIpc) is 2.72. The summed E-state index contributed by atoms with van der Waals surface area (Å²) in [4.78, 5) is 4.39. The maximum Gasteiger partial charge on any atom is 0.141 e. The molecule has 134 valence electrons. The van der Waals surface area contributed by atoms with Crippen LogP contribution >= 0.6 is 0 Å². The van der Waals surface area contributed by atoms with Crippen LogP contribution in [0.1, 0.15) is 24.2 Å². The summed E-state index contributed by atoms with van der Waals surface area (Å²) >= 11 is 0. The van der Waals surface area contributed by atoms with Crippen molar-refractivity contribution in [1.82, 2.24) is 10.3 Å². The monoisotopic (exact) mass is 348 g/mol. The number of hydrogen-bond donors (Lipinski definition) is 1. The van der Waals surface area contributed by atoms with Gasteiger partial charge in [0, 0.05) is 24.3 Å². The van der Waals surface area contributed by atoms with Crippen molar-refractivity contribution in [3.8, 4) is 22.6 Å². The first-order chi connectivity index (χ1) is 12.7. The van der Waals surface area contributed by atoms with Crippen molar-refractivity contribution in [3.05, 3.63) is 78.1 Å². The van der Waals surface area contributed by atoms with E-state index in [-0.39, 0.29) is 6.04 Å². The smallest absolute Gasteiger partial charge is 0.141 e. The molecule has 3 rings (SSSR count). The zero-order valence-corrected chi connectivity index (χ0v) is 15.4. The van der Waals surface area contributed by atoms with Crippen LogP contribution in [0.25, 0.3) is 11.1 Å². The second kappa shape index (κ2) is 8.50. The number of aromatic nitrogens is 1. The van der Waals surface area contributed by atoms with Crippen molar-refractivity contribution in [1.29, 1.82) is 0 Å². The van der Waals surface area contributed by atoms with Crippen LogP contribution in [0.5, 0.6) is 11.5 Å². The molecule has 1 unspecified atom stereocenters. The van der Waals surface area contributed by atoms with Crippen LogP contribution in [-0.2, 0) is 6.54 Å². The number of benzene rings is 2. The van der Waals surface area contributed by atoms with Crippen LogP contribution in [0.4, 0.5) is 0 Å². The van der Waals surface area contributed by atoms with Crippen LogP contribution < -0.4 is 14.8 Å². The summed E-state index contributed by atoms with van der Waals surface area (Å²) in [6.07, 6.45) is 1.78. The molecule has 2 aromatic carbocycles. The third kappa shape index (κ3) is 4.03. The number of rotatable bonds is 7. The summed E-state index contributed by atoms with van der Waals surface area (Å²) in [5.74, 6) is 1.69. The summed E-state index contributed by atoms with van der Waals surface area (Å²) in [7, 11) is 3.37.